The monoisotopic (exact) mass is 261 g/mol. The van der Waals surface area contributed by atoms with Gasteiger partial charge in [-0.2, -0.15) is 11.8 Å². The van der Waals surface area contributed by atoms with Gasteiger partial charge in [-0.25, -0.2) is 0 Å². The van der Waals surface area contributed by atoms with E-state index in [0.717, 1.165) is 23.5 Å². The number of carbonyl (C=O) groups is 1. The zero-order valence-electron chi connectivity index (χ0n) is 9.98. The molecular formula is C14H15NO2S. The van der Waals surface area contributed by atoms with Crippen LogP contribution in [0.2, 0.25) is 0 Å². The Morgan fingerprint density at radius 2 is 2.44 bits per heavy atom. The summed E-state index contributed by atoms with van der Waals surface area (Å²) in [5.41, 5.74) is 1.37. The van der Waals surface area contributed by atoms with Gasteiger partial charge in [-0.1, -0.05) is 17.9 Å². The van der Waals surface area contributed by atoms with Gasteiger partial charge in [0.1, 0.15) is 6.61 Å². The predicted molar refractivity (Wildman–Crippen MR) is 73.6 cm³/mol. The van der Waals surface area contributed by atoms with Gasteiger partial charge in [0.25, 0.3) is 5.91 Å². The number of hydrogen-bond donors (Lipinski definition) is 2. The second-order valence-electron chi connectivity index (χ2n) is 4.07. The molecule has 1 aliphatic heterocycles. The molecule has 0 aromatic heterocycles. The van der Waals surface area contributed by atoms with E-state index in [1.165, 1.54) is 0 Å². The molecule has 0 radical (unpaired) electrons. The molecule has 18 heavy (non-hydrogen) atoms. The van der Waals surface area contributed by atoms with Crippen LogP contribution in [0, 0.1) is 11.8 Å². The van der Waals surface area contributed by atoms with E-state index in [2.05, 4.69) is 17.2 Å². The third-order valence-electron chi connectivity index (χ3n) is 2.70. The molecular weight excluding hydrogens is 246 g/mol. The molecule has 1 amide bonds. The molecule has 3 nitrogen and oxygen atoms in total. The van der Waals surface area contributed by atoms with Gasteiger partial charge in [-0.15, -0.1) is 0 Å². The first-order valence-electron chi connectivity index (χ1n) is 5.88. The summed E-state index contributed by atoms with van der Waals surface area (Å²) >= 11 is 1.87. The van der Waals surface area contributed by atoms with Crippen LogP contribution in [-0.4, -0.2) is 35.2 Å². The highest BCUT2D eigenvalue weighted by molar-refractivity contribution is 7.99. The lowest BCUT2D eigenvalue weighted by molar-refractivity contribution is 0.0941. The minimum Gasteiger partial charge on any atom is -0.384 e. The summed E-state index contributed by atoms with van der Waals surface area (Å²) in [4.78, 5) is 12.0. The Morgan fingerprint density at radius 1 is 1.56 bits per heavy atom. The van der Waals surface area contributed by atoms with Crippen molar-refractivity contribution in [1.82, 2.24) is 5.32 Å². The number of aliphatic hydroxyl groups excluding tert-OH is 1. The number of rotatable bonds is 2. The number of carbonyl (C=O) groups excluding carboxylic acids is 1. The van der Waals surface area contributed by atoms with Crippen LogP contribution in [0.1, 0.15) is 22.3 Å². The minimum absolute atomic E-state index is 0.0462. The molecule has 0 saturated carbocycles. The third-order valence-corrected chi connectivity index (χ3v) is 3.86. The number of hydrogen-bond acceptors (Lipinski definition) is 3. The maximum atomic E-state index is 12.0. The maximum Gasteiger partial charge on any atom is 0.251 e. The number of nitrogens with one attached hydrogen (secondary N) is 1. The van der Waals surface area contributed by atoms with Crippen LogP contribution < -0.4 is 5.32 Å². The Labute approximate surface area is 111 Å². The molecule has 1 fully saturated rings. The Bertz CT molecular complexity index is 484. The first-order valence-corrected chi connectivity index (χ1v) is 7.03. The van der Waals surface area contributed by atoms with E-state index in [1.807, 2.05) is 17.8 Å². The fourth-order valence-electron chi connectivity index (χ4n) is 1.80. The summed E-state index contributed by atoms with van der Waals surface area (Å²) < 4.78 is 0. The highest BCUT2D eigenvalue weighted by Crippen LogP contribution is 2.17. The molecule has 0 spiro atoms. The van der Waals surface area contributed by atoms with Gasteiger partial charge < -0.3 is 10.4 Å². The summed E-state index contributed by atoms with van der Waals surface area (Å²) in [5.74, 6) is 7.44. The van der Waals surface area contributed by atoms with E-state index in [9.17, 15) is 4.79 Å². The van der Waals surface area contributed by atoms with E-state index in [-0.39, 0.29) is 18.6 Å². The van der Waals surface area contributed by atoms with Crippen molar-refractivity contribution < 1.29 is 9.90 Å². The number of aliphatic hydroxyl groups is 1. The van der Waals surface area contributed by atoms with Crippen molar-refractivity contribution >= 4 is 17.7 Å². The van der Waals surface area contributed by atoms with Crippen molar-refractivity contribution in [2.24, 2.45) is 0 Å². The van der Waals surface area contributed by atoms with Crippen molar-refractivity contribution in [3.05, 3.63) is 35.4 Å². The lowest BCUT2D eigenvalue weighted by Gasteiger charge is -2.11. The van der Waals surface area contributed by atoms with E-state index >= 15 is 0 Å². The van der Waals surface area contributed by atoms with E-state index in [4.69, 9.17) is 5.11 Å². The van der Waals surface area contributed by atoms with Gasteiger partial charge in [0.2, 0.25) is 0 Å². The maximum absolute atomic E-state index is 12.0. The molecule has 2 N–H and O–H groups in total. The van der Waals surface area contributed by atoms with Gasteiger partial charge in [-0.05, 0) is 30.4 Å². The quantitative estimate of drug-likeness (QED) is 0.788. The normalized spacial score (nSPS) is 17.9. The second-order valence-corrected chi connectivity index (χ2v) is 5.22. The largest absolute Gasteiger partial charge is 0.384 e. The first kappa shape index (κ1) is 13.0. The molecule has 2 rings (SSSR count). The van der Waals surface area contributed by atoms with Gasteiger partial charge in [0, 0.05) is 22.9 Å². The van der Waals surface area contributed by atoms with Gasteiger partial charge in [0.15, 0.2) is 0 Å². The standard InChI is InChI=1S/C14H15NO2S/c16-7-2-4-11-3-1-5-12(9-11)14(17)15-13-6-8-18-10-13/h1,3,5,9,13,16H,6-8,10H2,(H,15,17). The molecule has 1 atom stereocenters. The average Bonchev–Trinajstić information content (AvgIpc) is 2.89. The molecule has 1 saturated heterocycles. The SMILES string of the molecule is O=C(NC1CCSC1)c1cccc(C#CCO)c1. The molecule has 1 unspecified atom stereocenters. The van der Waals surface area contributed by atoms with E-state index in [0.29, 0.717) is 5.56 Å². The summed E-state index contributed by atoms with van der Waals surface area (Å²) in [7, 11) is 0. The molecule has 1 aromatic rings. The Balaban J connectivity index is 2.05. The Morgan fingerprint density at radius 3 is 3.17 bits per heavy atom. The fourth-order valence-corrected chi connectivity index (χ4v) is 2.95. The average molecular weight is 261 g/mol. The summed E-state index contributed by atoms with van der Waals surface area (Å²) in [6.45, 7) is -0.171. The lowest BCUT2D eigenvalue weighted by atomic mass is 10.1. The van der Waals surface area contributed by atoms with E-state index < -0.39 is 0 Å². The van der Waals surface area contributed by atoms with Crippen molar-refractivity contribution in [3.63, 3.8) is 0 Å². The smallest absolute Gasteiger partial charge is 0.251 e. The van der Waals surface area contributed by atoms with Crippen LogP contribution in [0.25, 0.3) is 0 Å². The molecule has 1 aliphatic rings. The van der Waals surface area contributed by atoms with Crippen molar-refractivity contribution in [2.45, 2.75) is 12.5 Å². The minimum atomic E-state index is -0.171. The highest BCUT2D eigenvalue weighted by atomic mass is 32.2. The molecule has 1 heterocycles. The van der Waals surface area contributed by atoms with Crippen molar-refractivity contribution in [3.8, 4) is 11.8 Å². The van der Waals surface area contributed by atoms with Gasteiger partial charge in [0.05, 0.1) is 0 Å². The van der Waals surface area contributed by atoms with Crippen LogP contribution in [0.5, 0.6) is 0 Å². The zero-order chi connectivity index (χ0) is 12.8. The molecule has 0 aliphatic carbocycles. The topological polar surface area (TPSA) is 49.3 Å². The number of amides is 1. The van der Waals surface area contributed by atoms with Crippen LogP contribution in [0.3, 0.4) is 0 Å². The van der Waals surface area contributed by atoms with E-state index in [1.54, 1.807) is 18.2 Å². The molecule has 0 bridgehead atoms. The van der Waals surface area contributed by atoms with Gasteiger partial charge >= 0.3 is 0 Å². The first-order chi connectivity index (χ1) is 8.79. The molecule has 94 valence electrons. The highest BCUT2D eigenvalue weighted by Gasteiger charge is 2.18. The Hall–Kier alpha value is -1.44. The molecule has 4 heteroatoms. The summed E-state index contributed by atoms with van der Waals surface area (Å²) in [6.07, 6.45) is 1.04. The Kier molecular flexibility index (Phi) is 4.68. The van der Waals surface area contributed by atoms with Crippen molar-refractivity contribution in [2.75, 3.05) is 18.1 Å². The third kappa shape index (κ3) is 3.52. The predicted octanol–water partition coefficient (Wildman–Crippen LogP) is 1.27. The van der Waals surface area contributed by atoms with Crippen LogP contribution in [0.15, 0.2) is 24.3 Å². The van der Waals surface area contributed by atoms with Crippen LogP contribution in [-0.2, 0) is 0 Å². The van der Waals surface area contributed by atoms with Crippen LogP contribution >= 0.6 is 11.8 Å². The second kappa shape index (κ2) is 6.48. The summed E-state index contributed by atoms with van der Waals surface area (Å²) in [6, 6.07) is 7.45. The zero-order valence-corrected chi connectivity index (χ0v) is 10.8. The van der Waals surface area contributed by atoms with Crippen LogP contribution in [0.4, 0.5) is 0 Å². The fraction of sp³-hybridized carbons (Fsp3) is 0.357. The van der Waals surface area contributed by atoms with Gasteiger partial charge in [-0.3, -0.25) is 4.79 Å². The summed E-state index contributed by atoms with van der Waals surface area (Å²) in [5, 5.41) is 11.7. The van der Waals surface area contributed by atoms with Crippen molar-refractivity contribution in [1.29, 1.82) is 0 Å². The number of thioether (sulfide) groups is 1. The molecule has 1 aromatic carbocycles. The lowest BCUT2D eigenvalue weighted by Crippen LogP contribution is -2.34. The number of benzene rings is 1.